The number of rotatable bonds is 2. The summed E-state index contributed by atoms with van der Waals surface area (Å²) in [4.78, 5) is 24.2. The monoisotopic (exact) mass is 391 g/mol. The summed E-state index contributed by atoms with van der Waals surface area (Å²) < 4.78 is 54.6. The Morgan fingerprint density at radius 3 is 2.46 bits per heavy atom. The topological polar surface area (TPSA) is 80.1 Å². The van der Waals surface area contributed by atoms with E-state index in [4.69, 9.17) is 0 Å². The molecule has 0 saturated carbocycles. The normalized spacial score (nSPS) is 18.4. The van der Waals surface area contributed by atoms with Gasteiger partial charge in [0.05, 0.1) is 5.69 Å². The van der Waals surface area contributed by atoms with Crippen LogP contribution in [-0.2, 0) is 16.0 Å². The zero-order chi connectivity index (χ0) is 20.1. The summed E-state index contributed by atoms with van der Waals surface area (Å²) in [5, 5.41) is 10.0. The predicted molar refractivity (Wildman–Crippen MR) is 89.9 cm³/mol. The Bertz CT molecular complexity index is 1090. The van der Waals surface area contributed by atoms with Gasteiger partial charge in [-0.15, -0.1) is 23.4 Å². The SMILES string of the molecule is O=C1Cc2ccc(OC(F)(F)F)cc2/C1=N/N=C1\C(=O)Nc2ccc(F)cc21. The van der Waals surface area contributed by atoms with Crippen LogP contribution >= 0.6 is 0 Å². The molecule has 142 valence electrons. The van der Waals surface area contributed by atoms with Crippen molar-refractivity contribution in [2.75, 3.05) is 5.32 Å². The third kappa shape index (κ3) is 3.24. The molecule has 0 radical (unpaired) electrons. The molecular weight excluding hydrogens is 382 g/mol. The van der Waals surface area contributed by atoms with Crippen molar-refractivity contribution < 1.29 is 31.9 Å². The molecule has 1 aliphatic heterocycles. The van der Waals surface area contributed by atoms with Gasteiger partial charge in [0.15, 0.2) is 11.5 Å². The van der Waals surface area contributed by atoms with Crippen molar-refractivity contribution in [1.29, 1.82) is 0 Å². The minimum Gasteiger partial charge on any atom is -0.406 e. The molecular formula is C18H9F4N3O3. The van der Waals surface area contributed by atoms with Crippen LogP contribution in [0.1, 0.15) is 16.7 Å². The maximum absolute atomic E-state index is 13.5. The molecule has 1 amide bonds. The van der Waals surface area contributed by atoms with Crippen LogP contribution in [0.2, 0.25) is 0 Å². The van der Waals surface area contributed by atoms with Crippen LogP contribution in [0.5, 0.6) is 5.75 Å². The summed E-state index contributed by atoms with van der Waals surface area (Å²) in [6, 6.07) is 7.07. The van der Waals surface area contributed by atoms with Crippen molar-refractivity contribution >= 4 is 28.8 Å². The van der Waals surface area contributed by atoms with Crippen molar-refractivity contribution in [3.8, 4) is 5.75 Å². The Kier molecular flexibility index (Phi) is 3.98. The Labute approximate surface area is 154 Å². The molecule has 4 rings (SSSR count). The van der Waals surface area contributed by atoms with Gasteiger partial charge < -0.3 is 10.1 Å². The summed E-state index contributed by atoms with van der Waals surface area (Å²) in [7, 11) is 0. The molecule has 0 bridgehead atoms. The van der Waals surface area contributed by atoms with E-state index in [1.54, 1.807) is 0 Å². The first-order valence-corrected chi connectivity index (χ1v) is 7.90. The second-order valence-corrected chi connectivity index (χ2v) is 6.01. The van der Waals surface area contributed by atoms with Gasteiger partial charge in [-0.25, -0.2) is 4.39 Å². The third-order valence-corrected chi connectivity index (χ3v) is 4.14. The van der Waals surface area contributed by atoms with E-state index < -0.39 is 29.6 Å². The fraction of sp³-hybridized carbons (Fsp3) is 0.111. The van der Waals surface area contributed by atoms with Gasteiger partial charge in [0.1, 0.15) is 17.3 Å². The van der Waals surface area contributed by atoms with Gasteiger partial charge in [0, 0.05) is 17.5 Å². The lowest BCUT2D eigenvalue weighted by atomic mass is 10.1. The second kappa shape index (κ2) is 6.25. The highest BCUT2D eigenvalue weighted by atomic mass is 19.4. The van der Waals surface area contributed by atoms with Crippen LogP contribution in [0.25, 0.3) is 0 Å². The second-order valence-electron chi connectivity index (χ2n) is 6.01. The van der Waals surface area contributed by atoms with E-state index in [1.807, 2.05) is 0 Å². The number of Topliss-reactive ketones (excluding diaryl/α,β-unsaturated/α-hetero) is 1. The minimum absolute atomic E-state index is 0.0667. The summed E-state index contributed by atoms with van der Waals surface area (Å²) in [6.45, 7) is 0. The average Bonchev–Trinajstić information content (AvgIpc) is 3.07. The fourth-order valence-electron chi connectivity index (χ4n) is 2.97. The Balaban J connectivity index is 1.73. The molecule has 2 aromatic rings. The molecule has 6 nitrogen and oxygen atoms in total. The van der Waals surface area contributed by atoms with Crippen molar-refractivity contribution in [1.82, 2.24) is 0 Å². The maximum atomic E-state index is 13.5. The van der Waals surface area contributed by atoms with E-state index in [2.05, 4.69) is 20.3 Å². The van der Waals surface area contributed by atoms with Crippen molar-refractivity contribution in [2.24, 2.45) is 10.2 Å². The van der Waals surface area contributed by atoms with Gasteiger partial charge >= 0.3 is 6.36 Å². The van der Waals surface area contributed by atoms with Crippen molar-refractivity contribution in [3.63, 3.8) is 0 Å². The highest BCUT2D eigenvalue weighted by Crippen LogP contribution is 2.29. The average molecular weight is 391 g/mol. The molecule has 1 N–H and O–H groups in total. The quantitative estimate of drug-likeness (QED) is 0.631. The molecule has 2 aromatic carbocycles. The number of carbonyl (C=O) groups excluding carboxylic acids is 2. The summed E-state index contributed by atoms with van der Waals surface area (Å²) in [5.74, 6) is -2.20. The van der Waals surface area contributed by atoms with Gasteiger partial charge in [-0.05, 0) is 35.9 Å². The molecule has 0 saturated heterocycles. The molecule has 0 fully saturated rings. The van der Waals surface area contributed by atoms with Crippen LogP contribution in [-0.4, -0.2) is 29.5 Å². The number of carbonyl (C=O) groups is 2. The smallest absolute Gasteiger partial charge is 0.406 e. The first-order valence-electron chi connectivity index (χ1n) is 7.90. The number of ketones is 1. The number of alkyl halides is 3. The number of nitrogens with one attached hydrogen (secondary N) is 1. The Morgan fingerprint density at radius 2 is 1.71 bits per heavy atom. The van der Waals surface area contributed by atoms with Gasteiger partial charge in [-0.1, -0.05) is 6.07 Å². The lowest BCUT2D eigenvalue weighted by Gasteiger charge is -2.09. The van der Waals surface area contributed by atoms with Crippen molar-refractivity contribution in [3.05, 3.63) is 58.9 Å². The molecule has 0 unspecified atom stereocenters. The van der Waals surface area contributed by atoms with Crippen molar-refractivity contribution in [2.45, 2.75) is 12.8 Å². The number of hydrogen-bond donors (Lipinski definition) is 1. The van der Waals surface area contributed by atoms with Crippen LogP contribution < -0.4 is 10.1 Å². The largest absolute Gasteiger partial charge is 0.573 e. The fourth-order valence-corrected chi connectivity index (χ4v) is 2.97. The third-order valence-electron chi connectivity index (χ3n) is 4.14. The predicted octanol–water partition coefficient (Wildman–Crippen LogP) is 3.00. The van der Waals surface area contributed by atoms with E-state index in [9.17, 15) is 27.2 Å². The van der Waals surface area contributed by atoms with Crippen LogP contribution in [0.4, 0.5) is 23.2 Å². The molecule has 1 aliphatic carbocycles. The van der Waals surface area contributed by atoms with Crippen LogP contribution in [0.3, 0.4) is 0 Å². The first-order chi connectivity index (χ1) is 13.2. The number of hydrogen-bond acceptors (Lipinski definition) is 5. The molecule has 0 atom stereocenters. The van der Waals surface area contributed by atoms with Gasteiger partial charge in [-0.3, -0.25) is 9.59 Å². The molecule has 0 aromatic heterocycles. The van der Waals surface area contributed by atoms with Crippen LogP contribution in [0, 0.1) is 5.82 Å². The highest BCUT2D eigenvalue weighted by molar-refractivity contribution is 6.54. The number of nitrogens with zero attached hydrogens (tertiary/aromatic N) is 2. The molecule has 2 aliphatic rings. The lowest BCUT2D eigenvalue weighted by Crippen LogP contribution is -2.17. The number of amides is 1. The van der Waals surface area contributed by atoms with E-state index in [1.165, 1.54) is 12.1 Å². The minimum atomic E-state index is -4.88. The number of halogens is 4. The van der Waals surface area contributed by atoms with Gasteiger partial charge in [-0.2, -0.15) is 0 Å². The number of fused-ring (bicyclic) bond motifs is 2. The first kappa shape index (κ1) is 17.8. The summed E-state index contributed by atoms with van der Waals surface area (Å²) in [5.41, 5.74) is 0.701. The highest BCUT2D eigenvalue weighted by Gasteiger charge is 2.33. The van der Waals surface area contributed by atoms with E-state index in [0.29, 0.717) is 11.3 Å². The van der Waals surface area contributed by atoms with Crippen LogP contribution in [0.15, 0.2) is 46.6 Å². The zero-order valence-electron chi connectivity index (χ0n) is 13.8. The summed E-state index contributed by atoms with van der Waals surface area (Å²) in [6.07, 6.45) is -4.95. The molecule has 10 heteroatoms. The standard InChI is InChI=1S/C18H9F4N3O3/c19-9-2-4-13-12(6-9)16(17(27)23-13)25-24-15-11-7-10(28-18(20,21)22)3-1-8(11)5-14(15)26/h1-4,6-7H,5H2,(H,23,25,27)/b24-15-. The van der Waals surface area contributed by atoms with Gasteiger partial charge in [0.2, 0.25) is 0 Å². The number of ether oxygens (including phenoxy) is 1. The molecule has 28 heavy (non-hydrogen) atoms. The molecule has 0 spiro atoms. The number of benzene rings is 2. The van der Waals surface area contributed by atoms with E-state index >= 15 is 0 Å². The zero-order valence-corrected chi connectivity index (χ0v) is 13.8. The van der Waals surface area contributed by atoms with E-state index in [-0.39, 0.29) is 29.0 Å². The molecule has 1 heterocycles. The Hall–Kier alpha value is -3.56. The van der Waals surface area contributed by atoms with Gasteiger partial charge in [0.25, 0.3) is 5.91 Å². The maximum Gasteiger partial charge on any atom is 0.573 e. The van der Waals surface area contributed by atoms with E-state index in [0.717, 1.165) is 24.3 Å². The lowest BCUT2D eigenvalue weighted by molar-refractivity contribution is -0.274. The number of anilines is 1. The Morgan fingerprint density at radius 1 is 0.964 bits per heavy atom. The summed E-state index contributed by atoms with van der Waals surface area (Å²) >= 11 is 0.